The molecule has 0 atom stereocenters. The van der Waals surface area contributed by atoms with Crippen molar-refractivity contribution in [2.45, 2.75) is 46.8 Å². The minimum atomic E-state index is 0.455. The third-order valence-corrected chi connectivity index (χ3v) is 5.50. The van der Waals surface area contributed by atoms with E-state index < -0.39 is 0 Å². The van der Waals surface area contributed by atoms with Crippen LogP contribution in [-0.4, -0.2) is 16.2 Å². The molecule has 3 aromatic carbocycles. The van der Waals surface area contributed by atoms with Gasteiger partial charge in [-0.15, -0.1) is 0 Å². The molecule has 160 valence electrons. The van der Waals surface area contributed by atoms with Gasteiger partial charge in [0, 0.05) is 6.54 Å². The van der Waals surface area contributed by atoms with E-state index in [1.807, 2.05) is 18.2 Å². The van der Waals surface area contributed by atoms with E-state index in [0.29, 0.717) is 13.2 Å². The number of aromatic nitrogens is 2. The third-order valence-electron chi connectivity index (χ3n) is 5.50. The van der Waals surface area contributed by atoms with Gasteiger partial charge in [-0.25, -0.2) is 4.98 Å². The number of unbranched alkanes of at least 4 members (excludes halogenated alkanes) is 1. The summed E-state index contributed by atoms with van der Waals surface area (Å²) < 4.78 is 14.3. The lowest BCUT2D eigenvalue weighted by molar-refractivity contribution is 0.284. The van der Waals surface area contributed by atoms with Gasteiger partial charge in [0.1, 0.15) is 23.9 Å². The zero-order valence-corrected chi connectivity index (χ0v) is 18.6. The Kier molecular flexibility index (Phi) is 6.56. The quantitative estimate of drug-likeness (QED) is 0.297. The van der Waals surface area contributed by atoms with Crippen LogP contribution >= 0.6 is 0 Å². The van der Waals surface area contributed by atoms with Crippen LogP contribution in [0, 0.1) is 20.8 Å². The average molecular weight is 415 g/mol. The zero-order chi connectivity index (χ0) is 21.6. The zero-order valence-electron chi connectivity index (χ0n) is 18.6. The molecule has 4 nitrogen and oxygen atoms in total. The molecule has 31 heavy (non-hydrogen) atoms. The number of para-hydroxylation sites is 2. The summed E-state index contributed by atoms with van der Waals surface area (Å²) in [5.74, 6) is 2.81. The smallest absolute Gasteiger partial charge is 0.147 e. The second kappa shape index (κ2) is 9.69. The highest BCUT2D eigenvalue weighted by Crippen LogP contribution is 2.21. The van der Waals surface area contributed by atoms with Gasteiger partial charge in [-0.3, -0.25) is 0 Å². The van der Waals surface area contributed by atoms with Crippen molar-refractivity contribution < 1.29 is 9.47 Å². The van der Waals surface area contributed by atoms with Crippen molar-refractivity contribution in [3.63, 3.8) is 0 Å². The Morgan fingerprint density at radius 1 is 0.806 bits per heavy atom. The maximum absolute atomic E-state index is 6.02. The normalized spacial score (nSPS) is 11.1. The molecule has 0 aliphatic rings. The van der Waals surface area contributed by atoms with Crippen molar-refractivity contribution in [1.29, 1.82) is 0 Å². The van der Waals surface area contributed by atoms with Crippen LogP contribution in [0.25, 0.3) is 11.0 Å². The first-order valence-corrected chi connectivity index (χ1v) is 10.9. The van der Waals surface area contributed by atoms with E-state index in [4.69, 9.17) is 14.5 Å². The van der Waals surface area contributed by atoms with Gasteiger partial charge in [0.2, 0.25) is 0 Å². The summed E-state index contributed by atoms with van der Waals surface area (Å²) in [6.45, 7) is 8.32. The number of rotatable bonds is 9. The van der Waals surface area contributed by atoms with Crippen molar-refractivity contribution in [3.05, 3.63) is 89.2 Å². The van der Waals surface area contributed by atoms with Crippen LogP contribution in [-0.2, 0) is 13.2 Å². The second-order valence-electron chi connectivity index (χ2n) is 8.09. The first kappa shape index (κ1) is 21.0. The van der Waals surface area contributed by atoms with Crippen LogP contribution in [0.4, 0.5) is 0 Å². The first-order valence-electron chi connectivity index (χ1n) is 10.9. The van der Waals surface area contributed by atoms with E-state index in [1.165, 1.54) is 16.7 Å². The summed E-state index contributed by atoms with van der Waals surface area (Å²) in [5, 5.41) is 0. The van der Waals surface area contributed by atoms with Crippen LogP contribution in [0.2, 0.25) is 0 Å². The number of hydrogen-bond donors (Lipinski definition) is 0. The third kappa shape index (κ3) is 5.26. The fourth-order valence-corrected chi connectivity index (χ4v) is 3.68. The van der Waals surface area contributed by atoms with Gasteiger partial charge < -0.3 is 14.0 Å². The van der Waals surface area contributed by atoms with Crippen LogP contribution in [0.15, 0.2) is 66.7 Å². The van der Waals surface area contributed by atoms with Gasteiger partial charge in [-0.2, -0.15) is 0 Å². The van der Waals surface area contributed by atoms with E-state index in [2.05, 4.69) is 73.9 Å². The summed E-state index contributed by atoms with van der Waals surface area (Å²) in [6.07, 6.45) is 2.00. The van der Waals surface area contributed by atoms with Crippen LogP contribution < -0.4 is 9.47 Å². The van der Waals surface area contributed by atoms with Gasteiger partial charge in [0.25, 0.3) is 0 Å². The highest BCUT2D eigenvalue weighted by atomic mass is 16.5. The van der Waals surface area contributed by atoms with Gasteiger partial charge in [0.05, 0.1) is 17.6 Å². The summed E-state index contributed by atoms with van der Waals surface area (Å²) >= 11 is 0. The van der Waals surface area contributed by atoms with E-state index >= 15 is 0 Å². The van der Waals surface area contributed by atoms with E-state index in [1.54, 1.807) is 0 Å². The molecule has 0 unspecified atom stereocenters. The van der Waals surface area contributed by atoms with Crippen molar-refractivity contribution in [2.75, 3.05) is 6.61 Å². The number of hydrogen-bond acceptors (Lipinski definition) is 3. The molecule has 4 rings (SSSR count). The van der Waals surface area contributed by atoms with Crippen LogP contribution in [0.5, 0.6) is 11.5 Å². The molecular weight excluding hydrogens is 384 g/mol. The number of benzene rings is 3. The van der Waals surface area contributed by atoms with Gasteiger partial charge in [-0.1, -0.05) is 42.0 Å². The minimum absolute atomic E-state index is 0.455. The van der Waals surface area contributed by atoms with E-state index in [9.17, 15) is 0 Å². The molecule has 0 bridgehead atoms. The minimum Gasteiger partial charge on any atom is -0.493 e. The van der Waals surface area contributed by atoms with Crippen molar-refractivity contribution >= 4 is 11.0 Å². The maximum atomic E-state index is 6.02. The van der Waals surface area contributed by atoms with Gasteiger partial charge in [-0.05, 0) is 75.1 Å². The van der Waals surface area contributed by atoms with Gasteiger partial charge >= 0.3 is 0 Å². The molecule has 4 heteroatoms. The lowest BCUT2D eigenvalue weighted by Crippen LogP contribution is -2.09. The predicted octanol–water partition coefficient (Wildman–Crippen LogP) is 6.40. The molecule has 0 saturated heterocycles. The molecule has 0 aliphatic heterocycles. The van der Waals surface area contributed by atoms with Crippen molar-refractivity contribution in [2.24, 2.45) is 0 Å². The number of nitrogens with zero attached hydrogens (tertiary/aromatic N) is 2. The Balaban J connectivity index is 1.38. The summed E-state index contributed by atoms with van der Waals surface area (Å²) in [7, 11) is 0. The molecule has 0 amide bonds. The SMILES string of the molecule is Cc1ccc(OCc2nc3ccccc3n2CCCCOc2cc(C)ccc2C)cc1. The van der Waals surface area contributed by atoms with Crippen molar-refractivity contribution in [1.82, 2.24) is 9.55 Å². The topological polar surface area (TPSA) is 36.3 Å². The Labute approximate surface area is 184 Å². The number of aryl methyl sites for hydroxylation is 4. The van der Waals surface area contributed by atoms with Crippen LogP contribution in [0.1, 0.15) is 35.4 Å². The molecular formula is C27H30N2O2. The summed E-state index contributed by atoms with van der Waals surface area (Å²) in [4.78, 5) is 4.82. The first-order chi connectivity index (χ1) is 15.1. The standard InChI is InChI=1S/C27H30N2O2/c1-20-11-14-23(15-12-20)31-19-27-28-24-8-4-5-9-25(24)29(27)16-6-7-17-30-26-18-21(2)10-13-22(26)3/h4-5,8-15,18H,6-7,16-17,19H2,1-3H3. The molecule has 4 aromatic rings. The Hall–Kier alpha value is -3.27. The van der Waals surface area contributed by atoms with E-state index in [0.717, 1.165) is 47.7 Å². The average Bonchev–Trinajstić information content (AvgIpc) is 3.13. The molecule has 0 spiro atoms. The lowest BCUT2D eigenvalue weighted by atomic mass is 10.1. The summed E-state index contributed by atoms with van der Waals surface area (Å²) in [6, 6.07) is 22.8. The number of fused-ring (bicyclic) bond motifs is 1. The molecule has 1 heterocycles. The highest BCUT2D eigenvalue weighted by Gasteiger charge is 2.11. The predicted molar refractivity (Wildman–Crippen MR) is 126 cm³/mol. The Morgan fingerprint density at radius 2 is 1.58 bits per heavy atom. The Bertz CT molecular complexity index is 1150. The molecule has 0 saturated carbocycles. The van der Waals surface area contributed by atoms with Gasteiger partial charge in [0.15, 0.2) is 0 Å². The summed E-state index contributed by atoms with van der Waals surface area (Å²) in [5.41, 5.74) is 5.80. The maximum Gasteiger partial charge on any atom is 0.147 e. The number of ether oxygens (including phenoxy) is 2. The molecule has 0 aliphatic carbocycles. The molecule has 0 radical (unpaired) electrons. The van der Waals surface area contributed by atoms with E-state index in [-0.39, 0.29) is 0 Å². The second-order valence-corrected chi connectivity index (χ2v) is 8.09. The fourth-order valence-electron chi connectivity index (χ4n) is 3.68. The van der Waals surface area contributed by atoms with Crippen LogP contribution in [0.3, 0.4) is 0 Å². The lowest BCUT2D eigenvalue weighted by Gasteiger charge is -2.12. The fraction of sp³-hybridized carbons (Fsp3) is 0.296. The number of imidazole rings is 1. The van der Waals surface area contributed by atoms with Crippen molar-refractivity contribution in [3.8, 4) is 11.5 Å². The largest absolute Gasteiger partial charge is 0.493 e. The monoisotopic (exact) mass is 414 g/mol. The highest BCUT2D eigenvalue weighted by molar-refractivity contribution is 5.75. The molecule has 1 aromatic heterocycles. The molecule has 0 fully saturated rings. The molecule has 0 N–H and O–H groups in total. The Morgan fingerprint density at radius 3 is 2.42 bits per heavy atom.